The first-order chi connectivity index (χ1) is 9.13. The van der Waals surface area contributed by atoms with E-state index in [2.05, 4.69) is 0 Å². The summed E-state index contributed by atoms with van der Waals surface area (Å²) < 4.78 is 11.0. The average Bonchev–Trinajstić information content (AvgIpc) is 2.87. The standard InChI is InChI=1S/C14H17NO4/c1-15(13(16)17)14(9-12-18-6-7-19-12)8-10-4-2-3-5-11(10)14/h2-5,12H,6-9H2,1H3,(H,16,17). The van der Waals surface area contributed by atoms with E-state index in [0.717, 1.165) is 12.0 Å². The highest BCUT2D eigenvalue weighted by Gasteiger charge is 2.49. The number of fused-ring (bicyclic) bond motifs is 1. The Morgan fingerprint density at radius 3 is 2.74 bits per heavy atom. The highest BCUT2D eigenvalue weighted by atomic mass is 16.7. The average molecular weight is 263 g/mol. The predicted molar refractivity (Wildman–Crippen MR) is 67.9 cm³/mol. The Labute approximate surface area is 111 Å². The van der Waals surface area contributed by atoms with Crippen molar-refractivity contribution in [3.05, 3.63) is 35.4 Å². The second kappa shape index (κ2) is 4.51. The Balaban J connectivity index is 1.91. The highest BCUT2D eigenvalue weighted by molar-refractivity contribution is 5.68. The smallest absolute Gasteiger partial charge is 0.407 e. The maximum absolute atomic E-state index is 11.4. The summed E-state index contributed by atoms with van der Waals surface area (Å²) in [6, 6.07) is 7.96. The lowest BCUT2D eigenvalue weighted by atomic mass is 9.67. The summed E-state index contributed by atoms with van der Waals surface area (Å²) in [5.74, 6) is 0. The van der Waals surface area contributed by atoms with Crippen LogP contribution >= 0.6 is 0 Å². The second-order valence-electron chi connectivity index (χ2n) is 5.08. The fourth-order valence-electron chi connectivity index (χ4n) is 3.03. The summed E-state index contributed by atoms with van der Waals surface area (Å²) >= 11 is 0. The molecule has 1 unspecified atom stereocenters. The van der Waals surface area contributed by atoms with Crippen LogP contribution in [0.25, 0.3) is 0 Å². The Bertz CT molecular complexity index is 498. The minimum atomic E-state index is -0.924. The Hall–Kier alpha value is -1.59. The van der Waals surface area contributed by atoms with Crippen molar-refractivity contribution in [3.63, 3.8) is 0 Å². The van der Waals surface area contributed by atoms with Gasteiger partial charge in [0.1, 0.15) is 0 Å². The number of nitrogens with zero attached hydrogens (tertiary/aromatic N) is 1. The van der Waals surface area contributed by atoms with Gasteiger partial charge in [-0.15, -0.1) is 0 Å². The third-order valence-electron chi connectivity index (χ3n) is 4.13. The molecule has 1 heterocycles. The highest BCUT2D eigenvalue weighted by Crippen LogP contribution is 2.47. The van der Waals surface area contributed by atoms with Crippen LogP contribution in [0.5, 0.6) is 0 Å². The van der Waals surface area contributed by atoms with Gasteiger partial charge in [0.15, 0.2) is 6.29 Å². The molecule has 0 spiro atoms. The van der Waals surface area contributed by atoms with Gasteiger partial charge in [-0.3, -0.25) is 0 Å². The van der Waals surface area contributed by atoms with Crippen molar-refractivity contribution in [2.24, 2.45) is 0 Å². The molecule has 1 aliphatic heterocycles. The second-order valence-corrected chi connectivity index (χ2v) is 5.08. The zero-order chi connectivity index (χ0) is 13.5. The number of carbonyl (C=O) groups is 1. The van der Waals surface area contributed by atoms with E-state index in [4.69, 9.17) is 9.47 Å². The molecular weight excluding hydrogens is 246 g/mol. The lowest BCUT2D eigenvalue weighted by Crippen LogP contribution is -2.55. The van der Waals surface area contributed by atoms with Gasteiger partial charge in [-0.25, -0.2) is 4.79 Å². The van der Waals surface area contributed by atoms with Gasteiger partial charge >= 0.3 is 6.09 Å². The van der Waals surface area contributed by atoms with Crippen LogP contribution in [0.15, 0.2) is 24.3 Å². The van der Waals surface area contributed by atoms with Gasteiger partial charge in [0.25, 0.3) is 0 Å². The van der Waals surface area contributed by atoms with E-state index in [1.165, 1.54) is 10.5 Å². The van der Waals surface area contributed by atoms with Crippen LogP contribution < -0.4 is 0 Å². The summed E-state index contributed by atoms with van der Waals surface area (Å²) in [7, 11) is 1.62. The SMILES string of the molecule is CN(C(=O)O)C1(CC2OCCO2)Cc2ccccc21. The normalized spacial score (nSPS) is 25.7. The first-order valence-corrected chi connectivity index (χ1v) is 6.42. The molecule has 3 rings (SSSR count). The first-order valence-electron chi connectivity index (χ1n) is 6.42. The number of ether oxygens (including phenoxy) is 2. The summed E-state index contributed by atoms with van der Waals surface area (Å²) in [5, 5.41) is 9.33. The third-order valence-corrected chi connectivity index (χ3v) is 4.13. The van der Waals surface area contributed by atoms with Gasteiger partial charge < -0.3 is 19.5 Å². The molecule has 1 aromatic carbocycles. The van der Waals surface area contributed by atoms with Crippen molar-refractivity contribution in [3.8, 4) is 0 Å². The van der Waals surface area contributed by atoms with Gasteiger partial charge in [-0.2, -0.15) is 0 Å². The molecule has 102 valence electrons. The molecule has 5 nitrogen and oxygen atoms in total. The quantitative estimate of drug-likeness (QED) is 0.903. The summed E-state index contributed by atoms with van der Waals surface area (Å²) in [6.45, 7) is 1.17. The monoisotopic (exact) mass is 263 g/mol. The fourth-order valence-corrected chi connectivity index (χ4v) is 3.03. The number of hydrogen-bond donors (Lipinski definition) is 1. The van der Waals surface area contributed by atoms with E-state index < -0.39 is 11.6 Å². The molecule has 1 atom stereocenters. The van der Waals surface area contributed by atoms with Crippen LogP contribution in [-0.4, -0.2) is 42.7 Å². The van der Waals surface area contributed by atoms with Crippen molar-refractivity contribution in [2.75, 3.05) is 20.3 Å². The predicted octanol–water partition coefficient (Wildman–Crippen LogP) is 1.81. The van der Waals surface area contributed by atoms with Crippen molar-refractivity contribution in [1.82, 2.24) is 4.90 Å². The van der Waals surface area contributed by atoms with E-state index in [1.807, 2.05) is 24.3 Å². The Morgan fingerprint density at radius 2 is 2.11 bits per heavy atom. The molecule has 0 radical (unpaired) electrons. The molecule has 0 saturated carbocycles. The molecule has 1 amide bonds. The molecule has 1 fully saturated rings. The zero-order valence-corrected chi connectivity index (χ0v) is 10.8. The van der Waals surface area contributed by atoms with Crippen LogP contribution in [-0.2, 0) is 21.4 Å². The van der Waals surface area contributed by atoms with Gasteiger partial charge in [0.05, 0.1) is 18.8 Å². The van der Waals surface area contributed by atoms with E-state index >= 15 is 0 Å². The van der Waals surface area contributed by atoms with Crippen LogP contribution in [0.2, 0.25) is 0 Å². The van der Waals surface area contributed by atoms with Crippen LogP contribution in [0, 0.1) is 0 Å². The van der Waals surface area contributed by atoms with Crippen LogP contribution in [0.4, 0.5) is 4.79 Å². The fraction of sp³-hybridized carbons (Fsp3) is 0.500. The van der Waals surface area contributed by atoms with Crippen molar-refractivity contribution in [2.45, 2.75) is 24.7 Å². The lowest BCUT2D eigenvalue weighted by Gasteiger charge is -2.49. The van der Waals surface area contributed by atoms with Crippen LogP contribution in [0.3, 0.4) is 0 Å². The van der Waals surface area contributed by atoms with Crippen molar-refractivity contribution >= 4 is 6.09 Å². The number of carboxylic acid groups (broad SMARTS) is 1. The molecule has 0 bridgehead atoms. The Kier molecular flexibility index (Phi) is 2.95. The van der Waals surface area contributed by atoms with E-state index in [-0.39, 0.29) is 6.29 Å². The van der Waals surface area contributed by atoms with Crippen molar-refractivity contribution in [1.29, 1.82) is 0 Å². The molecule has 1 N–H and O–H groups in total. The van der Waals surface area contributed by atoms with Gasteiger partial charge in [-0.1, -0.05) is 24.3 Å². The number of hydrogen-bond acceptors (Lipinski definition) is 3. The topological polar surface area (TPSA) is 59.0 Å². The summed E-state index contributed by atoms with van der Waals surface area (Å²) in [4.78, 5) is 12.8. The lowest BCUT2D eigenvalue weighted by molar-refractivity contribution is -0.0844. The Morgan fingerprint density at radius 1 is 1.42 bits per heavy atom. The van der Waals surface area contributed by atoms with Crippen LogP contribution in [0.1, 0.15) is 17.5 Å². The molecule has 19 heavy (non-hydrogen) atoms. The van der Waals surface area contributed by atoms with E-state index in [9.17, 15) is 9.90 Å². The number of benzene rings is 1. The minimum Gasteiger partial charge on any atom is -0.465 e. The molecule has 1 saturated heterocycles. The van der Waals surface area contributed by atoms with Gasteiger partial charge in [-0.05, 0) is 11.1 Å². The summed E-state index contributed by atoms with van der Waals surface area (Å²) in [5.41, 5.74) is 1.75. The minimum absolute atomic E-state index is 0.310. The summed E-state index contributed by atoms with van der Waals surface area (Å²) in [6.07, 6.45) is 0.0322. The molecule has 1 aromatic rings. The maximum atomic E-state index is 11.4. The molecular formula is C14H17NO4. The first kappa shape index (κ1) is 12.4. The third kappa shape index (κ3) is 1.89. The number of rotatable bonds is 3. The molecule has 5 heteroatoms. The molecule has 1 aliphatic carbocycles. The maximum Gasteiger partial charge on any atom is 0.407 e. The molecule has 2 aliphatic rings. The number of amides is 1. The van der Waals surface area contributed by atoms with E-state index in [1.54, 1.807) is 7.05 Å². The van der Waals surface area contributed by atoms with E-state index in [0.29, 0.717) is 19.6 Å². The zero-order valence-electron chi connectivity index (χ0n) is 10.8. The largest absolute Gasteiger partial charge is 0.465 e. The van der Waals surface area contributed by atoms with Crippen molar-refractivity contribution < 1.29 is 19.4 Å². The van der Waals surface area contributed by atoms with Gasteiger partial charge in [0.2, 0.25) is 0 Å². The number of likely N-dealkylation sites (N-methyl/N-ethyl adjacent to an activating group) is 1. The van der Waals surface area contributed by atoms with Gasteiger partial charge in [0, 0.05) is 19.9 Å². The molecule has 0 aromatic heterocycles.